The van der Waals surface area contributed by atoms with Crippen molar-refractivity contribution in [2.75, 3.05) is 31.1 Å². The molecule has 1 fully saturated rings. The highest BCUT2D eigenvalue weighted by Crippen LogP contribution is 2.23. The molecule has 0 bridgehead atoms. The Morgan fingerprint density at radius 1 is 0.862 bits per heavy atom. The van der Waals surface area contributed by atoms with Gasteiger partial charge < -0.3 is 9.80 Å². The Labute approximate surface area is 172 Å². The summed E-state index contributed by atoms with van der Waals surface area (Å²) in [6.45, 7) is 9.10. The fourth-order valence-corrected chi connectivity index (χ4v) is 3.68. The first-order chi connectivity index (χ1) is 14.0. The first-order valence-electron chi connectivity index (χ1n) is 10.0. The van der Waals surface area contributed by atoms with Gasteiger partial charge in [-0.3, -0.25) is 4.79 Å². The molecule has 0 spiro atoms. The monoisotopic (exact) mass is 386 g/mol. The number of carbonyl (C=O) groups excluding carboxylic acids is 1. The van der Waals surface area contributed by atoms with Crippen molar-refractivity contribution in [3.8, 4) is 11.3 Å². The highest BCUT2D eigenvalue weighted by atomic mass is 16.2. The second-order valence-corrected chi connectivity index (χ2v) is 7.71. The van der Waals surface area contributed by atoms with Gasteiger partial charge in [-0.1, -0.05) is 29.8 Å². The van der Waals surface area contributed by atoms with Crippen LogP contribution in [0.15, 0.2) is 54.9 Å². The van der Waals surface area contributed by atoms with Crippen LogP contribution in [-0.4, -0.2) is 47.0 Å². The van der Waals surface area contributed by atoms with Gasteiger partial charge in [-0.2, -0.15) is 0 Å². The van der Waals surface area contributed by atoms with E-state index >= 15 is 0 Å². The van der Waals surface area contributed by atoms with Gasteiger partial charge in [-0.05, 0) is 50.1 Å². The third-order valence-electron chi connectivity index (χ3n) is 5.61. The molecule has 0 N–H and O–H groups in total. The van der Waals surface area contributed by atoms with E-state index in [9.17, 15) is 4.79 Å². The van der Waals surface area contributed by atoms with Crippen LogP contribution in [0.2, 0.25) is 0 Å². The first-order valence-corrected chi connectivity index (χ1v) is 10.0. The van der Waals surface area contributed by atoms with E-state index in [4.69, 9.17) is 0 Å². The van der Waals surface area contributed by atoms with Crippen molar-refractivity contribution in [3.05, 3.63) is 77.1 Å². The number of nitrogens with zero attached hydrogens (tertiary/aromatic N) is 4. The molecule has 0 unspecified atom stereocenters. The maximum Gasteiger partial charge on any atom is 0.253 e. The average Bonchev–Trinajstić information content (AvgIpc) is 2.75. The van der Waals surface area contributed by atoms with Crippen LogP contribution in [0.25, 0.3) is 11.3 Å². The Hall–Kier alpha value is -3.21. The van der Waals surface area contributed by atoms with Crippen molar-refractivity contribution < 1.29 is 4.79 Å². The van der Waals surface area contributed by atoms with Crippen molar-refractivity contribution in [3.63, 3.8) is 0 Å². The molecule has 1 saturated heterocycles. The highest BCUT2D eigenvalue weighted by Gasteiger charge is 2.23. The summed E-state index contributed by atoms with van der Waals surface area (Å²) < 4.78 is 0. The summed E-state index contributed by atoms with van der Waals surface area (Å²) in [4.78, 5) is 25.9. The van der Waals surface area contributed by atoms with Gasteiger partial charge in [-0.25, -0.2) is 9.97 Å². The van der Waals surface area contributed by atoms with Crippen LogP contribution in [0, 0.1) is 20.8 Å². The number of anilines is 1. The van der Waals surface area contributed by atoms with Crippen LogP contribution in [0.4, 0.5) is 5.82 Å². The highest BCUT2D eigenvalue weighted by molar-refractivity contribution is 5.94. The predicted molar refractivity (Wildman–Crippen MR) is 116 cm³/mol. The fourth-order valence-electron chi connectivity index (χ4n) is 3.68. The smallest absolute Gasteiger partial charge is 0.253 e. The van der Waals surface area contributed by atoms with Crippen molar-refractivity contribution in [2.45, 2.75) is 20.8 Å². The normalized spacial score (nSPS) is 14.2. The molecule has 5 heteroatoms. The number of hydrogen-bond donors (Lipinski definition) is 0. The minimum atomic E-state index is 0.107. The molecule has 0 radical (unpaired) electrons. The number of aromatic nitrogens is 2. The summed E-state index contributed by atoms with van der Waals surface area (Å²) in [5, 5.41) is 0. The van der Waals surface area contributed by atoms with Gasteiger partial charge in [0.1, 0.15) is 12.1 Å². The largest absolute Gasteiger partial charge is 0.353 e. The van der Waals surface area contributed by atoms with E-state index in [-0.39, 0.29) is 5.91 Å². The van der Waals surface area contributed by atoms with Crippen LogP contribution < -0.4 is 4.90 Å². The Bertz CT molecular complexity index is 1040. The predicted octanol–water partition coefficient (Wildman–Crippen LogP) is 4.03. The van der Waals surface area contributed by atoms with Crippen LogP contribution >= 0.6 is 0 Å². The zero-order valence-electron chi connectivity index (χ0n) is 17.2. The van der Waals surface area contributed by atoms with E-state index in [0.717, 1.165) is 41.3 Å². The van der Waals surface area contributed by atoms with Crippen molar-refractivity contribution in [1.82, 2.24) is 14.9 Å². The molecule has 148 valence electrons. The lowest BCUT2D eigenvalue weighted by molar-refractivity contribution is 0.0746. The summed E-state index contributed by atoms with van der Waals surface area (Å²) in [5.41, 5.74) is 6.36. The maximum atomic E-state index is 12.9. The SMILES string of the molecule is Cc1cccc(-c2cc(N3CCN(C(=O)c4ccc(C)c(C)c4)CC3)ncn2)c1. The molecule has 29 heavy (non-hydrogen) atoms. The summed E-state index contributed by atoms with van der Waals surface area (Å²) in [7, 11) is 0. The van der Waals surface area contributed by atoms with E-state index < -0.39 is 0 Å². The molecule has 4 rings (SSSR count). The summed E-state index contributed by atoms with van der Waals surface area (Å²) in [5.74, 6) is 1.02. The van der Waals surface area contributed by atoms with Gasteiger partial charge in [0.05, 0.1) is 5.69 Å². The Balaban J connectivity index is 1.45. The van der Waals surface area contributed by atoms with E-state index in [1.165, 1.54) is 11.1 Å². The van der Waals surface area contributed by atoms with Gasteiger partial charge in [-0.15, -0.1) is 0 Å². The Kier molecular flexibility index (Phi) is 5.30. The molecule has 2 heterocycles. The summed E-state index contributed by atoms with van der Waals surface area (Å²) in [6.07, 6.45) is 1.62. The summed E-state index contributed by atoms with van der Waals surface area (Å²) >= 11 is 0. The molecule has 2 aromatic carbocycles. The second-order valence-electron chi connectivity index (χ2n) is 7.71. The molecule has 5 nitrogen and oxygen atoms in total. The molecule has 1 aliphatic rings. The van der Waals surface area contributed by atoms with Crippen LogP contribution in [0.1, 0.15) is 27.0 Å². The third-order valence-corrected chi connectivity index (χ3v) is 5.61. The zero-order valence-corrected chi connectivity index (χ0v) is 17.2. The third kappa shape index (κ3) is 4.14. The lowest BCUT2D eigenvalue weighted by atomic mass is 10.1. The number of rotatable bonds is 3. The lowest BCUT2D eigenvalue weighted by Gasteiger charge is -2.35. The first kappa shape index (κ1) is 19.1. The number of hydrogen-bond acceptors (Lipinski definition) is 4. The molecule has 1 aliphatic heterocycles. The molecule has 1 amide bonds. The quantitative estimate of drug-likeness (QED) is 0.682. The maximum absolute atomic E-state index is 12.9. The fraction of sp³-hybridized carbons (Fsp3) is 0.292. The number of piperazine rings is 1. The Morgan fingerprint density at radius 3 is 2.38 bits per heavy atom. The number of amides is 1. The average molecular weight is 386 g/mol. The van der Waals surface area contributed by atoms with Gasteiger partial charge in [0, 0.05) is 43.4 Å². The molecule has 1 aromatic heterocycles. The zero-order chi connectivity index (χ0) is 20.4. The Morgan fingerprint density at radius 2 is 1.66 bits per heavy atom. The molecular formula is C24H26N4O. The van der Waals surface area contributed by atoms with Gasteiger partial charge in [0.25, 0.3) is 5.91 Å². The molecule has 0 saturated carbocycles. The van der Waals surface area contributed by atoms with Crippen molar-refractivity contribution in [1.29, 1.82) is 0 Å². The van der Waals surface area contributed by atoms with E-state index in [2.05, 4.69) is 46.9 Å². The standard InChI is InChI=1S/C24H26N4O/c1-17-5-4-6-20(13-17)22-15-23(26-16-25-22)27-9-11-28(12-10-27)24(29)21-8-7-18(2)19(3)14-21/h4-8,13-16H,9-12H2,1-3H3. The van der Waals surface area contributed by atoms with Gasteiger partial charge >= 0.3 is 0 Å². The number of carbonyl (C=O) groups is 1. The van der Waals surface area contributed by atoms with E-state index in [1.807, 2.05) is 42.2 Å². The second kappa shape index (κ2) is 8.03. The van der Waals surface area contributed by atoms with E-state index in [0.29, 0.717) is 13.1 Å². The molecule has 0 atom stereocenters. The van der Waals surface area contributed by atoms with Crippen molar-refractivity contribution >= 4 is 11.7 Å². The van der Waals surface area contributed by atoms with Crippen molar-refractivity contribution in [2.24, 2.45) is 0 Å². The molecular weight excluding hydrogens is 360 g/mol. The molecule has 3 aromatic rings. The minimum absolute atomic E-state index is 0.107. The van der Waals surface area contributed by atoms with Gasteiger partial charge in [0.15, 0.2) is 0 Å². The number of benzene rings is 2. The lowest BCUT2D eigenvalue weighted by Crippen LogP contribution is -2.49. The minimum Gasteiger partial charge on any atom is -0.353 e. The van der Waals surface area contributed by atoms with Crippen LogP contribution in [0.5, 0.6) is 0 Å². The summed E-state index contributed by atoms with van der Waals surface area (Å²) in [6, 6.07) is 16.3. The van der Waals surface area contributed by atoms with Crippen LogP contribution in [-0.2, 0) is 0 Å². The van der Waals surface area contributed by atoms with Gasteiger partial charge in [0.2, 0.25) is 0 Å². The van der Waals surface area contributed by atoms with Crippen LogP contribution in [0.3, 0.4) is 0 Å². The number of aryl methyl sites for hydroxylation is 3. The van der Waals surface area contributed by atoms with E-state index in [1.54, 1.807) is 6.33 Å². The molecule has 0 aliphatic carbocycles. The topological polar surface area (TPSA) is 49.3 Å².